The van der Waals surface area contributed by atoms with Gasteiger partial charge in [0.2, 0.25) is 0 Å². The summed E-state index contributed by atoms with van der Waals surface area (Å²) in [5, 5.41) is 19.3. The molecule has 0 bridgehead atoms. The summed E-state index contributed by atoms with van der Waals surface area (Å²) in [6.07, 6.45) is 0. The number of methoxy groups -OCH3 is 1. The predicted octanol–water partition coefficient (Wildman–Crippen LogP) is 5.52. The van der Waals surface area contributed by atoms with Crippen LogP contribution in [0.15, 0.2) is 66.7 Å². The molecule has 0 aliphatic carbocycles. The molecule has 6 heteroatoms. The second kappa shape index (κ2) is 10.3. The summed E-state index contributed by atoms with van der Waals surface area (Å²) in [6.45, 7) is 7.06. The highest BCUT2D eigenvalue weighted by atomic mass is 16.5. The highest BCUT2D eigenvalue weighted by molar-refractivity contribution is 5.91. The Balaban J connectivity index is 1.68. The average Bonchev–Trinajstić information content (AvgIpc) is 2.82. The van der Waals surface area contributed by atoms with E-state index < -0.39 is 11.4 Å². The van der Waals surface area contributed by atoms with Crippen molar-refractivity contribution in [2.24, 2.45) is 5.92 Å². The zero-order valence-corrected chi connectivity index (χ0v) is 19.4. The SMILES string of the molecule is COc1ccc(OCCOc2ccc(C(C)(c3ccc(O)c(C(=O)O)c3)C(C)C)cc2)cc1. The number of phenols is 1. The number of ether oxygens (including phenoxy) is 3. The number of carboxylic acid groups (broad SMARTS) is 1. The highest BCUT2D eigenvalue weighted by Gasteiger charge is 2.33. The molecule has 0 heterocycles. The van der Waals surface area contributed by atoms with E-state index in [9.17, 15) is 15.0 Å². The molecule has 0 fully saturated rings. The van der Waals surface area contributed by atoms with Crippen LogP contribution >= 0.6 is 0 Å². The fourth-order valence-corrected chi connectivity index (χ4v) is 3.75. The van der Waals surface area contributed by atoms with Crippen LogP contribution in [0.25, 0.3) is 0 Å². The van der Waals surface area contributed by atoms with E-state index in [1.54, 1.807) is 19.2 Å². The molecular weight excluding hydrogens is 420 g/mol. The predicted molar refractivity (Wildman–Crippen MR) is 127 cm³/mol. The molecule has 1 atom stereocenters. The Labute approximate surface area is 194 Å². The summed E-state index contributed by atoms with van der Waals surface area (Å²) in [5.74, 6) is 1.03. The lowest BCUT2D eigenvalue weighted by Gasteiger charge is -2.35. The van der Waals surface area contributed by atoms with Crippen LogP contribution in [0.5, 0.6) is 23.0 Å². The van der Waals surface area contributed by atoms with Crippen LogP contribution < -0.4 is 14.2 Å². The molecule has 33 heavy (non-hydrogen) atoms. The van der Waals surface area contributed by atoms with Gasteiger partial charge in [-0.05, 0) is 65.6 Å². The number of carboxylic acids is 1. The summed E-state index contributed by atoms with van der Waals surface area (Å²) >= 11 is 0. The van der Waals surface area contributed by atoms with E-state index in [1.807, 2.05) is 48.5 Å². The van der Waals surface area contributed by atoms with Crippen LogP contribution in [-0.2, 0) is 5.41 Å². The van der Waals surface area contributed by atoms with E-state index in [4.69, 9.17) is 14.2 Å². The first-order valence-electron chi connectivity index (χ1n) is 10.8. The Bertz CT molecular complexity index is 1070. The van der Waals surface area contributed by atoms with Gasteiger partial charge in [-0.1, -0.05) is 39.0 Å². The molecule has 3 aromatic carbocycles. The van der Waals surface area contributed by atoms with Crippen molar-refractivity contribution >= 4 is 5.97 Å². The minimum absolute atomic E-state index is 0.101. The second-order valence-electron chi connectivity index (χ2n) is 8.29. The van der Waals surface area contributed by atoms with Crippen LogP contribution in [-0.4, -0.2) is 36.5 Å². The Hall–Kier alpha value is -3.67. The van der Waals surface area contributed by atoms with Gasteiger partial charge >= 0.3 is 5.97 Å². The number of rotatable bonds is 10. The zero-order valence-electron chi connectivity index (χ0n) is 19.4. The molecule has 2 N–H and O–H groups in total. The maximum absolute atomic E-state index is 11.5. The molecule has 0 saturated heterocycles. The molecule has 6 nitrogen and oxygen atoms in total. The Kier molecular flexibility index (Phi) is 7.48. The van der Waals surface area contributed by atoms with Gasteiger partial charge in [0.15, 0.2) is 0 Å². The lowest BCUT2D eigenvalue weighted by Crippen LogP contribution is -2.30. The number of aromatic carboxylic acids is 1. The highest BCUT2D eigenvalue weighted by Crippen LogP contribution is 2.40. The molecular formula is C27H30O6. The first kappa shape index (κ1) is 24.0. The van der Waals surface area contributed by atoms with E-state index >= 15 is 0 Å². The quantitative estimate of drug-likeness (QED) is 0.396. The molecule has 0 spiro atoms. The van der Waals surface area contributed by atoms with Crippen LogP contribution in [0.2, 0.25) is 0 Å². The van der Waals surface area contributed by atoms with Gasteiger partial charge in [-0.25, -0.2) is 4.79 Å². The van der Waals surface area contributed by atoms with Crippen molar-refractivity contribution in [3.05, 3.63) is 83.4 Å². The monoisotopic (exact) mass is 450 g/mol. The minimum atomic E-state index is -1.15. The molecule has 0 saturated carbocycles. The fraction of sp³-hybridized carbons (Fsp3) is 0.296. The smallest absolute Gasteiger partial charge is 0.339 e. The molecule has 0 aromatic heterocycles. The summed E-state index contributed by atoms with van der Waals surface area (Å²) in [4.78, 5) is 11.5. The molecule has 174 valence electrons. The van der Waals surface area contributed by atoms with Gasteiger partial charge in [0, 0.05) is 5.41 Å². The Morgan fingerprint density at radius 1 is 0.848 bits per heavy atom. The first-order valence-corrected chi connectivity index (χ1v) is 10.8. The van der Waals surface area contributed by atoms with Crippen LogP contribution in [0, 0.1) is 5.92 Å². The van der Waals surface area contributed by atoms with Gasteiger partial charge < -0.3 is 24.4 Å². The number of hydrogen-bond acceptors (Lipinski definition) is 5. The summed E-state index contributed by atoms with van der Waals surface area (Å²) in [5.41, 5.74) is 1.31. The van der Waals surface area contributed by atoms with Crippen LogP contribution in [0.4, 0.5) is 0 Å². The minimum Gasteiger partial charge on any atom is -0.507 e. The van der Waals surface area contributed by atoms with Gasteiger partial charge in [0.25, 0.3) is 0 Å². The molecule has 0 radical (unpaired) electrons. The van der Waals surface area contributed by atoms with E-state index in [1.165, 1.54) is 6.07 Å². The first-order chi connectivity index (χ1) is 15.8. The third-order valence-electron chi connectivity index (χ3n) is 6.12. The summed E-state index contributed by atoms with van der Waals surface area (Å²) in [7, 11) is 1.62. The molecule has 1 unspecified atom stereocenters. The van der Waals surface area contributed by atoms with Crippen molar-refractivity contribution < 1.29 is 29.2 Å². The topological polar surface area (TPSA) is 85.2 Å². The average molecular weight is 451 g/mol. The third kappa shape index (κ3) is 5.40. The van der Waals surface area contributed by atoms with Gasteiger partial charge in [-0.2, -0.15) is 0 Å². The van der Waals surface area contributed by atoms with E-state index in [0.29, 0.717) is 13.2 Å². The lowest BCUT2D eigenvalue weighted by molar-refractivity contribution is 0.0693. The number of hydrogen-bond donors (Lipinski definition) is 2. The van der Waals surface area contributed by atoms with Crippen molar-refractivity contribution in [1.29, 1.82) is 0 Å². The summed E-state index contributed by atoms with van der Waals surface area (Å²) < 4.78 is 16.6. The van der Waals surface area contributed by atoms with Gasteiger partial charge in [0.1, 0.15) is 41.8 Å². The van der Waals surface area contributed by atoms with Gasteiger partial charge in [-0.3, -0.25) is 0 Å². The van der Waals surface area contributed by atoms with Crippen molar-refractivity contribution in [3.8, 4) is 23.0 Å². The largest absolute Gasteiger partial charge is 0.507 e. The number of carbonyl (C=O) groups is 1. The van der Waals surface area contributed by atoms with E-state index in [-0.39, 0.29) is 17.2 Å². The van der Waals surface area contributed by atoms with Crippen LogP contribution in [0.1, 0.15) is 42.3 Å². The zero-order chi connectivity index (χ0) is 24.0. The van der Waals surface area contributed by atoms with Crippen LogP contribution in [0.3, 0.4) is 0 Å². The van der Waals surface area contributed by atoms with Crippen molar-refractivity contribution in [1.82, 2.24) is 0 Å². The normalized spacial score (nSPS) is 12.8. The van der Waals surface area contributed by atoms with E-state index in [2.05, 4.69) is 20.8 Å². The summed E-state index contributed by atoms with van der Waals surface area (Å²) in [6, 6.07) is 20.0. The van der Waals surface area contributed by atoms with Crippen molar-refractivity contribution in [3.63, 3.8) is 0 Å². The third-order valence-corrected chi connectivity index (χ3v) is 6.12. The molecule has 0 aliphatic rings. The lowest BCUT2D eigenvalue weighted by atomic mass is 9.68. The second-order valence-corrected chi connectivity index (χ2v) is 8.29. The Morgan fingerprint density at radius 3 is 1.82 bits per heavy atom. The number of benzene rings is 3. The molecule has 3 rings (SSSR count). The molecule has 3 aromatic rings. The maximum Gasteiger partial charge on any atom is 0.339 e. The standard InChI is InChI=1S/C27H30O6/c1-18(2)27(3,20-7-14-25(28)24(17-20)26(29)30)19-5-8-22(9-6-19)32-15-16-33-23-12-10-21(31-4)11-13-23/h5-14,17-18,28H,15-16H2,1-4H3,(H,29,30). The van der Waals surface area contributed by atoms with Gasteiger partial charge in [-0.15, -0.1) is 0 Å². The maximum atomic E-state index is 11.5. The van der Waals surface area contributed by atoms with E-state index in [0.717, 1.165) is 28.4 Å². The number of aromatic hydroxyl groups is 1. The fourth-order valence-electron chi connectivity index (χ4n) is 3.75. The molecule has 0 amide bonds. The van der Waals surface area contributed by atoms with Gasteiger partial charge in [0.05, 0.1) is 7.11 Å². The van der Waals surface area contributed by atoms with Crippen molar-refractivity contribution in [2.45, 2.75) is 26.2 Å². The Morgan fingerprint density at radius 2 is 1.33 bits per heavy atom. The van der Waals surface area contributed by atoms with Crippen molar-refractivity contribution in [2.75, 3.05) is 20.3 Å². The molecule has 0 aliphatic heterocycles.